The minimum absolute atomic E-state index is 0.0707. The topological polar surface area (TPSA) is 26.0 Å². The van der Waals surface area contributed by atoms with Gasteiger partial charge in [0, 0.05) is 9.17 Å². The van der Waals surface area contributed by atoms with Crippen LogP contribution in [-0.2, 0) is 0 Å². The van der Waals surface area contributed by atoms with Crippen molar-refractivity contribution >= 4 is 37.4 Å². The predicted molar refractivity (Wildman–Crippen MR) is 91.5 cm³/mol. The lowest BCUT2D eigenvalue weighted by molar-refractivity contribution is 0.873. The van der Waals surface area contributed by atoms with E-state index in [4.69, 9.17) is 5.73 Å². The fourth-order valence-electron chi connectivity index (χ4n) is 2.62. The quantitative estimate of drug-likeness (QED) is 0.667. The predicted octanol–water partition coefficient (Wildman–Crippen LogP) is 5.33. The molecule has 1 unspecified atom stereocenters. The summed E-state index contributed by atoms with van der Waals surface area (Å²) < 4.78 is 2.40. The molecular formula is C17H16BrNS. The molecule has 3 rings (SSSR count). The second-order valence-electron chi connectivity index (χ2n) is 5.15. The van der Waals surface area contributed by atoms with Crippen LogP contribution in [0.4, 0.5) is 0 Å². The van der Waals surface area contributed by atoms with Gasteiger partial charge < -0.3 is 5.73 Å². The van der Waals surface area contributed by atoms with Crippen LogP contribution in [0, 0.1) is 13.8 Å². The Balaban J connectivity index is 2.13. The van der Waals surface area contributed by atoms with Gasteiger partial charge in [-0.3, -0.25) is 0 Å². The molecule has 0 amide bonds. The highest BCUT2D eigenvalue weighted by Crippen LogP contribution is 2.36. The van der Waals surface area contributed by atoms with Crippen molar-refractivity contribution in [1.29, 1.82) is 0 Å². The van der Waals surface area contributed by atoms with Crippen LogP contribution in [0.15, 0.2) is 46.3 Å². The molecule has 1 aromatic heterocycles. The highest BCUT2D eigenvalue weighted by molar-refractivity contribution is 9.10. The fourth-order valence-corrected chi connectivity index (χ4v) is 4.28. The van der Waals surface area contributed by atoms with Crippen LogP contribution in [0.2, 0.25) is 0 Å². The number of hydrogen-bond donors (Lipinski definition) is 1. The van der Waals surface area contributed by atoms with Crippen LogP contribution in [0.1, 0.15) is 28.3 Å². The van der Waals surface area contributed by atoms with Gasteiger partial charge in [0.25, 0.3) is 0 Å². The highest BCUT2D eigenvalue weighted by atomic mass is 79.9. The Morgan fingerprint density at radius 2 is 1.90 bits per heavy atom. The van der Waals surface area contributed by atoms with Gasteiger partial charge in [-0.1, -0.05) is 35.9 Å². The number of benzene rings is 2. The first-order chi connectivity index (χ1) is 9.58. The summed E-state index contributed by atoms with van der Waals surface area (Å²) in [5.74, 6) is 0. The standard InChI is InChI=1S/C17H16BrNS/c1-10-6-7-12(11(2)8-10)16(19)14-9-20-17-13(14)4-3-5-15(17)18/h3-9,16H,19H2,1-2H3. The summed E-state index contributed by atoms with van der Waals surface area (Å²) >= 11 is 5.35. The summed E-state index contributed by atoms with van der Waals surface area (Å²) in [6, 6.07) is 12.7. The number of aryl methyl sites for hydroxylation is 2. The van der Waals surface area contributed by atoms with Crippen LogP contribution in [0.5, 0.6) is 0 Å². The number of fused-ring (bicyclic) bond motifs is 1. The van der Waals surface area contributed by atoms with Crippen LogP contribution in [0.3, 0.4) is 0 Å². The molecule has 0 aliphatic heterocycles. The Labute approximate surface area is 131 Å². The first-order valence-electron chi connectivity index (χ1n) is 6.56. The van der Waals surface area contributed by atoms with Crippen molar-refractivity contribution < 1.29 is 0 Å². The van der Waals surface area contributed by atoms with Crippen molar-refractivity contribution in [3.05, 3.63) is 68.5 Å². The Morgan fingerprint density at radius 1 is 1.10 bits per heavy atom. The molecule has 0 spiro atoms. The number of halogens is 1. The van der Waals surface area contributed by atoms with Gasteiger partial charge in [-0.15, -0.1) is 11.3 Å². The fraction of sp³-hybridized carbons (Fsp3) is 0.176. The van der Waals surface area contributed by atoms with Gasteiger partial charge in [0.15, 0.2) is 0 Å². The van der Waals surface area contributed by atoms with Crippen LogP contribution >= 0.6 is 27.3 Å². The molecule has 0 saturated heterocycles. The lowest BCUT2D eigenvalue weighted by Crippen LogP contribution is -2.12. The van der Waals surface area contributed by atoms with Gasteiger partial charge in [0.05, 0.1) is 6.04 Å². The molecule has 0 fully saturated rings. The first kappa shape index (κ1) is 13.8. The molecule has 2 aromatic carbocycles. The minimum atomic E-state index is -0.0707. The van der Waals surface area contributed by atoms with E-state index in [0.29, 0.717) is 0 Å². The molecule has 2 N–H and O–H groups in total. The molecule has 1 atom stereocenters. The molecule has 20 heavy (non-hydrogen) atoms. The SMILES string of the molecule is Cc1ccc(C(N)c2csc3c(Br)cccc23)c(C)c1. The third-order valence-electron chi connectivity index (χ3n) is 3.68. The molecule has 0 radical (unpaired) electrons. The van der Waals surface area contributed by atoms with E-state index in [2.05, 4.69) is 71.6 Å². The van der Waals surface area contributed by atoms with Gasteiger partial charge in [-0.05, 0) is 63.3 Å². The van der Waals surface area contributed by atoms with Gasteiger partial charge in [-0.25, -0.2) is 0 Å². The second-order valence-corrected chi connectivity index (χ2v) is 6.88. The van der Waals surface area contributed by atoms with Gasteiger partial charge >= 0.3 is 0 Å². The molecule has 1 heterocycles. The van der Waals surface area contributed by atoms with E-state index in [9.17, 15) is 0 Å². The highest BCUT2D eigenvalue weighted by Gasteiger charge is 2.16. The Bertz CT molecular complexity index is 776. The van der Waals surface area contributed by atoms with E-state index in [1.165, 1.54) is 32.3 Å². The third kappa shape index (κ3) is 2.30. The van der Waals surface area contributed by atoms with Crippen molar-refractivity contribution in [2.24, 2.45) is 5.73 Å². The summed E-state index contributed by atoms with van der Waals surface area (Å²) in [6.45, 7) is 4.24. The number of hydrogen-bond acceptors (Lipinski definition) is 2. The summed E-state index contributed by atoms with van der Waals surface area (Å²) in [5.41, 5.74) is 11.5. The molecule has 0 saturated carbocycles. The zero-order valence-electron chi connectivity index (χ0n) is 11.5. The first-order valence-corrected chi connectivity index (χ1v) is 8.23. The molecule has 3 aromatic rings. The van der Waals surface area contributed by atoms with Crippen LogP contribution in [-0.4, -0.2) is 0 Å². The summed E-state index contributed by atoms with van der Waals surface area (Å²) in [7, 11) is 0. The average molecular weight is 346 g/mol. The maximum Gasteiger partial charge on any atom is 0.0568 e. The van der Waals surface area contributed by atoms with Crippen molar-refractivity contribution in [1.82, 2.24) is 0 Å². The second kappa shape index (κ2) is 5.32. The molecule has 0 aliphatic carbocycles. The number of nitrogens with two attached hydrogens (primary N) is 1. The molecule has 0 bridgehead atoms. The Kier molecular flexibility index (Phi) is 3.67. The van der Waals surface area contributed by atoms with E-state index in [0.717, 1.165) is 4.47 Å². The number of thiophene rings is 1. The number of rotatable bonds is 2. The lowest BCUT2D eigenvalue weighted by Gasteiger charge is -2.15. The largest absolute Gasteiger partial charge is 0.320 e. The van der Waals surface area contributed by atoms with E-state index >= 15 is 0 Å². The van der Waals surface area contributed by atoms with E-state index < -0.39 is 0 Å². The summed E-state index contributed by atoms with van der Waals surface area (Å²) in [4.78, 5) is 0. The maximum atomic E-state index is 6.52. The van der Waals surface area contributed by atoms with E-state index in [1.807, 2.05) is 0 Å². The Hall–Kier alpha value is -1.16. The molecule has 1 nitrogen and oxygen atoms in total. The minimum Gasteiger partial charge on any atom is -0.320 e. The Morgan fingerprint density at radius 3 is 2.65 bits per heavy atom. The zero-order valence-corrected chi connectivity index (χ0v) is 13.9. The van der Waals surface area contributed by atoms with E-state index in [-0.39, 0.29) is 6.04 Å². The molecular weight excluding hydrogens is 330 g/mol. The van der Waals surface area contributed by atoms with E-state index in [1.54, 1.807) is 11.3 Å². The lowest BCUT2D eigenvalue weighted by atomic mass is 9.94. The third-order valence-corrected chi connectivity index (χ3v) is 5.65. The maximum absolute atomic E-state index is 6.52. The molecule has 3 heteroatoms. The van der Waals surface area contributed by atoms with Gasteiger partial charge in [-0.2, -0.15) is 0 Å². The summed E-state index contributed by atoms with van der Waals surface area (Å²) in [5, 5.41) is 3.43. The van der Waals surface area contributed by atoms with Crippen molar-refractivity contribution in [3.63, 3.8) is 0 Å². The zero-order chi connectivity index (χ0) is 14.3. The molecule has 102 valence electrons. The monoisotopic (exact) mass is 345 g/mol. The van der Waals surface area contributed by atoms with Gasteiger partial charge in [0.2, 0.25) is 0 Å². The van der Waals surface area contributed by atoms with Gasteiger partial charge in [0.1, 0.15) is 0 Å². The summed E-state index contributed by atoms with van der Waals surface area (Å²) in [6.07, 6.45) is 0. The van der Waals surface area contributed by atoms with Crippen molar-refractivity contribution in [2.45, 2.75) is 19.9 Å². The smallest absolute Gasteiger partial charge is 0.0568 e. The van der Waals surface area contributed by atoms with Crippen LogP contribution < -0.4 is 5.73 Å². The van der Waals surface area contributed by atoms with Crippen molar-refractivity contribution in [2.75, 3.05) is 0 Å². The van der Waals surface area contributed by atoms with Crippen molar-refractivity contribution in [3.8, 4) is 0 Å². The molecule has 0 aliphatic rings. The average Bonchev–Trinajstić information content (AvgIpc) is 2.83. The normalized spacial score (nSPS) is 12.8. The van der Waals surface area contributed by atoms with Crippen LogP contribution in [0.25, 0.3) is 10.1 Å².